The summed E-state index contributed by atoms with van der Waals surface area (Å²) in [6, 6.07) is 10.2. The highest BCUT2D eigenvalue weighted by atomic mass is 35.5. The van der Waals surface area contributed by atoms with E-state index in [2.05, 4.69) is 26.3 Å². The Morgan fingerprint density at radius 3 is 2.81 bits per heavy atom. The summed E-state index contributed by atoms with van der Waals surface area (Å²) >= 11 is 6.36. The van der Waals surface area contributed by atoms with Crippen molar-refractivity contribution in [1.29, 1.82) is 5.26 Å². The van der Waals surface area contributed by atoms with Crippen molar-refractivity contribution in [3.63, 3.8) is 0 Å². The van der Waals surface area contributed by atoms with E-state index in [-0.39, 0.29) is 41.0 Å². The van der Waals surface area contributed by atoms with Crippen LogP contribution in [-0.4, -0.2) is 84.5 Å². The van der Waals surface area contributed by atoms with Gasteiger partial charge in [-0.2, -0.15) is 15.2 Å². The highest BCUT2D eigenvalue weighted by Crippen LogP contribution is 2.39. The van der Waals surface area contributed by atoms with Gasteiger partial charge in [0.1, 0.15) is 29.5 Å². The number of anilines is 1. The summed E-state index contributed by atoms with van der Waals surface area (Å²) in [5.41, 5.74) is -0.0487. The lowest BCUT2D eigenvalue weighted by molar-refractivity contribution is -0.147. The molecule has 218 valence electrons. The molecule has 0 saturated carbocycles. The summed E-state index contributed by atoms with van der Waals surface area (Å²) in [7, 11) is 3.65. The smallest absolute Gasteiger partial charge is 0.319 e. The fourth-order valence-electron chi connectivity index (χ4n) is 5.82. The van der Waals surface area contributed by atoms with Crippen molar-refractivity contribution in [3.8, 4) is 23.3 Å². The van der Waals surface area contributed by atoms with Crippen LogP contribution >= 0.6 is 11.6 Å². The number of nitriles is 1. The maximum atomic E-state index is 16.5. The molecule has 2 fully saturated rings. The molecule has 2 saturated heterocycles. The standard InChI is InChI=1S/C30H30ClF2N7O2/c1-30(22(41-3)15-39(30)2)16-42-29-37-27-20(28(38-29)40-12-11-35-18(14-40)9-10-34)13-36-26(25(27)33)19-6-4-5-17-7-8-21(32)24(31)23(17)19/h4-8,13,18,22,35H,9,11-12,14-16H2,1-3H3/t18-,22?,30?/m0/s1. The van der Waals surface area contributed by atoms with Gasteiger partial charge < -0.3 is 19.7 Å². The van der Waals surface area contributed by atoms with Gasteiger partial charge in [-0.3, -0.25) is 9.88 Å². The zero-order valence-corrected chi connectivity index (χ0v) is 24.3. The van der Waals surface area contributed by atoms with Gasteiger partial charge in [0.05, 0.1) is 34.5 Å². The van der Waals surface area contributed by atoms with Gasteiger partial charge in [-0.25, -0.2) is 8.78 Å². The molecule has 0 bridgehead atoms. The number of nitrogens with zero attached hydrogens (tertiary/aromatic N) is 6. The molecule has 1 N–H and O–H groups in total. The van der Waals surface area contributed by atoms with Crippen LogP contribution in [0.15, 0.2) is 36.5 Å². The molecule has 2 aromatic heterocycles. The van der Waals surface area contributed by atoms with E-state index in [9.17, 15) is 9.65 Å². The lowest BCUT2D eigenvalue weighted by Gasteiger charge is -2.53. The van der Waals surface area contributed by atoms with Gasteiger partial charge in [0.2, 0.25) is 0 Å². The number of methoxy groups -OCH3 is 1. The van der Waals surface area contributed by atoms with Gasteiger partial charge in [0.25, 0.3) is 0 Å². The van der Waals surface area contributed by atoms with E-state index in [0.29, 0.717) is 53.6 Å². The van der Waals surface area contributed by atoms with E-state index in [4.69, 9.17) is 26.1 Å². The molecule has 0 radical (unpaired) electrons. The normalized spacial score (nSPS) is 22.7. The van der Waals surface area contributed by atoms with Crippen LogP contribution in [0.4, 0.5) is 14.6 Å². The minimum absolute atomic E-state index is 0.0102. The number of rotatable bonds is 7. The Morgan fingerprint density at radius 2 is 2.05 bits per heavy atom. The third-order valence-electron chi connectivity index (χ3n) is 8.51. The van der Waals surface area contributed by atoms with Crippen molar-refractivity contribution in [2.24, 2.45) is 0 Å². The predicted molar refractivity (Wildman–Crippen MR) is 157 cm³/mol. The monoisotopic (exact) mass is 593 g/mol. The van der Waals surface area contributed by atoms with Crippen LogP contribution in [0, 0.1) is 23.0 Å². The molecular weight excluding hydrogens is 564 g/mol. The number of halogens is 3. The van der Waals surface area contributed by atoms with Gasteiger partial charge in [0, 0.05) is 56.5 Å². The number of fused-ring (bicyclic) bond motifs is 2. The van der Waals surface area contributed by atoms with Crippen LogP contribution < -0.4 is 15.0 Å². The van der Waals surface area contributed by atoms with Crippen LogP contribution in [0.1, 0.15) is 13.3 Å². The molecule has 42 heavy (non-hydrogen) atoms. The van der Waals surface area contributed by atoms with E-state index < -0.39 is 17.2 Å². The van der Waals surface area contributed by atoms with Gasteiger partial charge in [-0.05, 0) is 25.4 Å². The Morgan fingerprint density at radius 1 is 1.21 bits per heavy atom. The highest BCUT2D eigenvalue weighted by molar-refractivity contribution is 6.36. The Labute approximate surface area is 247 Å². The summed E-state index contributed by atoms with van der Waals surface area (Å²) < 4.78 is 42.7. The first-order valence-corrected chi connectivity index (χ1v) is 14.1. The molecule has 4 heterocycles. The fraction of sp³-hybridized carbons (Fsp3) is 0.400. The van der Waals surface area contributed by atoms with Gasteiger partial charge in [-0.1, -0.05) is 35.9 Å². The molecule has 6 rings (SSSR count). The molecule has 9 nitrogen and oxygen atoms in total. The Bertz CT molecular complexity index is 1720. The average molecular weight is 594 g/mol. The van der Waals surface area contributed by atoms with Gasteiger partial charge >= 0.3 is 6.01 Å². The van der Waals surface area contributed by atoms with E-state index in [1.165, 1.54) is 12.3 Å². The van der Waals surface area contributed by atoms with E-state index >= 15 is 4.39 Å². The number of hydrogen-bond acceptors (Lipinski definition) is 9. The van der Waals surface area contributed by atoms with Crippen LogP contribution in [0.5, 0.6) is 6.01 Å². The summed E-state index contributed by atoms with van der Waals surface area (Å²) in [4.78, 5) is 17.8. The van der Waals surface area contributed by atoms with Crippen molar-refractivity contribution in [3.05, 3.63) is 53.2 Å². The van der Waals surface area contributed by atoms with Crippen molar-refractivity contribution in [2.45, 2.75) is 31.0 Å². The molecule has 2 unspecified atom stereocenters. The third kappa shape index (κ3) is 4.78. The molecule has 12 heteroatoms. The second-order valence-electron chi connectivity index (χ2n) is 11.0. The average Bonchev–Trinajstić information content (AvgIpc) is 3.00. The number of hydrogen-bond donors (Lipinski definition) is 1. The lowest BCUT2D eigenvalue weighted by atomic mass is 9.85. The Kier molecular flexibility index (Phi) is 7.57. The second-order valence-corrected chi connectivity index (χ2v) is 11.4. The molecule has 2 aliphatic rings. The minimum Gasteiger partial charge on any atom is -0.461 e. The van der Waals surface area contributed by atoms with Gasteiger partial charge in [0.15, 0.2) is 5.82 Å². The van der Waals surface area contributed by atoms with E-state index in [1.807, 2.05) is 18.9 Å². The second kappa shape index (κ2) is 11.2. The zero-order valence-electron chi connectivity index (χ0n) is 23.5. The van der Waals surface area contributed by atoms with Crippen molar-refractivity contribution < 1.29 is 18.3 Å². The minimum atomic E-state index is -0.695. The Balaban J connectivity index is 1.48. The molecule has 4 aromatic rings. The maximum absolute atomic E-state index is 16.5. The maximum Gasteiger partial charge on any atom is 0.319 e. The molecular formula is C30H30ClF2N7O2. The number of nitrogens with one attached hydrogen (secondary N) is 1. The Hall–Kier alpha value is -3.69. The first-order valence-electron chi connectivity index (χ1n) is 13.7. The number of likely N-dealkylation sites (tertiary alicyclic amines) is 1. The van der Waals surface area contributed by atoms with E-state index in [1.54, 1.807) is 31.4 Å². The number of benzene rings is 2. The number of likely N-dealkylation sites (N-methyl/N-ethyl adjacent to an activating group) is 1. The van der Waals surface area contributed by atoms with Crippen molar-refractivity contribution >= 4 is 39.1 Å². The van der Waals surface area contributed by atoms with Gasteiger partial charge in [-0.15, -0.1) is 0 Å². The zero-order chi connectivity index (χ0) is 29.6. The SMILES string of the molecule is COC1CN(C)C1(C)COc1nc(N2CCN[C@@H](CC#N)C2)c2cnc(-c3cccc4ccc(F)c(Cl)c34)c(F)c2n1. The molecule has 2 aromatic carbocycles. The molecule has 0 spiro atoms. The highest BCUT2D eigenvalue weighted by Gasteiger charge is 2.49. The lowest BCUT2D eigenvalue weighted by Crippen LogP contribution is -2.70. The third-order valence-corrected chi connectivity index (χ3v) is 8.88. The molecule has 3 atom stereocenters. The largest absolute Gasteiger partial charge is 0.461 e. The summed E-state index contributed by atoms with van der Waals surface area (Å²) in [6.07, 6.45) is 1.81. The van der Waals surface area contributed by atoms with Crippen molar-refractivity contribution in [1.82, 2.24) is 25.2 Å². The fourth-order valence-corrected chi connectivity index (χ4v) is 6.09. The predicted octanol–water partition coefficient (Wildman–Crippen LogP) is 4.57. The number of piperazine rings is 1. The van der Waals surface area contributed by atoms with Crippen LogP contribution in [0.3, 0.4) is 0 Å². The molecule has 0 amide bonds. The number of pyridine rings is 1. The molecule has 0 aliphatic carbocycles. The van der Waals surface area contributed by atoms with Crippen LogP contribution in [0.2, 0.25) is 5.02 Å². The number of ether oxygens (including phenoxy) is 2. The molecule has 2 aliphatic heterocycles. The summed E-state index contributed by atoms with van der Waals surface area (Å²) in [5.74, 6) is -0.832. The topological polar surface area (TPSA) is 99.4 Å². The first-order chi connectivity index (χ1) is 20.2. The summed E-state index contributed by atoms with van der Waals surface area (Å²) in [6.45, 7) is 4.72. The van der Waals surface area contributed by atoms with Crippen molar-refractivity contribution in [2.75, 3.05) is 51.8 Å². The first kappa shape index (κ1) is 28.4. The number of aromatic nitrogens is 3. The van der Waals surface area contributed by atoms with E-state index in [0.717, 1.165) is 6.54 Å². The van der Waals surface area contributed by atoms with Crippen LogP contribution in [0.25, 0.3) is 32.9 Å². The quantitative estimate of drug-likeness (QED) is 0.330. The van der Waals surface area contributed by atoms with Crippen LogP contribution in [-0.2, 0) is 4.74 Å². The summed E-state index contributed by atoms with van der Waals surface area (Å²) in [5, 5.41) is 13.9.